The Morgan fingerprint density at radius 2 is 0.845 bits per heavy atom. The molecule has 0 atom stereocenters. The molecule has 0 fully saturated rings. The molecule has 0 spiro atoms. The molecule has 0 amide bonds. The van der Waals surface area contributed by atoms with Gasteiger partial charge in [0.2, 0.25) is 0 Å². The molecule has 4 aromatic heterocycles. The summed E-state index contributed by atoms with van der Waals surface area (Å²) in [6.07, 6.45) is 0. The molecule has 0 saturated carbocycles. The van der Waals surface area contributed by atoms with E-state index in [4.69, 9.17) is 15.0 Å². The summed E-state index contributed by atoms with van der Waals surface area (Å²) in [5.74, 6) is 1.84. The summed E-state index contributed by atoms with van der Waals surface area (Å²) >= 11 is 1.85. The van der Waals surface area contributed by atoms with Crippen molar-refractivity contribution in [2.24, 2.45) is 0 Å². The summed E-state index contributed by atoms with van der Waals surface area (Å²) in [5.41, 5.74) is 11.7. The molecule has 5 nitrogen and oxygen atoms in total. The lowest BCUT2D eigenvalue weighted by atomic mass is 9.93. The fraction of sp³-hybridized carbons (Fsp3) is 0. The molecule has 330 valence electrons. The molecule has 0 saturated heterocycles. The maximum absolute atomic E-state index is 5.50. The third-order valence-corrected chi connectivity index (χ3v) is 15.4. The van der Waals surface area contributed by atoms with Gasteiger partial charge in [-0.1, -0.05) is 146 Å². The van der Waals surface area contributed by atoms with Crippen LogP contribution < -0.4 is 0 Å². The normalized spacial score (nSPS) is 11.9. The Balaban J connectivity index is 1.01. The van der Waals surface area contributed by atoms with Crippen LogP contribution in [0, 0.1) is 0 Å². The van der Waals surface area contributed by atoms with Gasteiger partial charge in [0.05, 0.1) is 22.1 Å². The van der Waals surface area contributed by atoms with Gasteiger partial charge in [-0.25, -0.2) is 15.0 Å². The van der Waals surface area contributed by atoms with Crippen molar-refractivity contribution in [2.75, 3.05) is 0 Å². The van der Waals surface area contributed by atoms with Gasteiger partial charge >= 0.3 is 0 Å². The molecule has 11 aromatic carbocycles. The highest BCUT2D eigenvalue weighted by Gasteiger charge is 2.23. The lowest BCUT2D eigenvalue weighted by Crippen LogP contribution is -2.02. The van der Waals surface area contributed by atoms with Crippen molar-refractivity contribution in [3.8, 4) is 56.7 Å². The molecular formula is C65H39N5S. The van der Waals surface area contributed by atoms with Gasteiger partial charge in [0.25, 0.3) is 0 Å². The average molecular weight is 922 g/mol. The summed E-state index contributed by atoms with van der Waals surface area (Å²) in [6.45, 7) is 0. The van der Waals surface area contributed by atoms with E-state index in [1.54, 1.807) is 0 Å². The summed E-state index contributed by atoms with van der Waals surface area (Å²) in [6, 6.07) is 85.2. The van der Waals surface area contributed by atoms with Crippen molar-refractivity contribution in [3.05, 3.63) is 237 Å². The minimum Gasteiger partial charge on any atom is -0.309 e. The molecule has 4 heterocycles. The first-order valence-electron chi connectivity index (χ1n) is 24.0. The van der Waals surface area contributed by atoms with Gasteiger partial charge in [-0.3, -0.25) is 0 Å². The van der Waals surface area contributed by atoms with Crippen molar-refractivity contribution in [1.29, 1.82) is 0 Å². The highest BCUT2D eigenvalue weighted by molar-refractivity contribution is 7.26. The summed E-state index contributed by atoms with van der Waals surface area (Å²) in [4.78, 5) is 16.2. The van der Waals surface area contributed by atoms with Crippen molar-refractivity contribution >= 4 is 96.7 Å². The van der Waals surface area contributed by atoms with Crippen LogP contribution in [0.15, 0.2) is 237 Å². The molecule has 6 heteroatoms. The number of hydrogen-bond acceptors (Lipinski definition) is 4. The number of rotatable bonds is 6. The fourth-order valence-corrected chi connectivity index (χ4v) is 12.2. The van der Waals surface area contributed by atoms with Gasteiger partial charge in [0, 0.05) is 69.8 Å². The zero-order valence-electron chi connectivity index (χ0n) is 38.2. The van der Waals surface area contributed by atoms with Crippen LogP contribution in [-0.4, -0.2) is 24.1 Å². The van der Waals surface area contributed by atoms with Gasteiger partial charge in [0.15, 0.2) is 17.5 Å². The topological polar surface area (TPSA) is 48.5 Å². The quantitative estimate of drug-likeness (QED) is 0.167. The lowest BCUT2D eigenvalue weighted by Gasteiger charge is -2.16. The van der Waals surface area contributed by atoms with Gasteiger partial charge in [-0.15, -0.1) is 11.3 Å². The number of aromatic nitrogens is 5. The van der Waals surface area contributed by atoms with Gasteiger partial charge < -0.3 is 9.13 Å². The van der Waals surface area contributed by atoms with Gasteiger partial charge in [-0.2, -0.15) is 0 Å². The first kappa shape index (κ1) is 39.7. The third-order valence-electron chi connectivity index (χ3n) is 14.3. The minimum absolute atomic E-state index is 0.609. The van der Waals surface area contributed by atoms with Gasteiger partial charge in [-0.05, 0) is 124 Å². The summed E-state index contributed by atoms with van der Waals surface area (Å²) < 4.78 is 7.26. The van der Waals surface area contributed by atoms with Crippen LogP contribution in [-0.2, 0) is 0 Å². The SMILES string of the molecule is c1ccc(-c2nc(-c3ccc4c(c3)c3ccccc3n4-c3ccccc3)nc(-c3ccc(-n4c5ccccc5c5cc6ccccc6cc54)cc3-c3cccc4sc5cc6ccccc6cc5c34)n2)cc1. The number of benzene rings is 11. The molecule has 71 heavy (non-hydrogen) atoms. The molecular weight excluding hydrogens is 883 g/mol. The Kier molecular flexibility index (Phi) is 8.76. The fourth-order valence-electron chi connectivity index (χ4n) is 11.1. The Bertz CT molecular complexity index is 4640. The number of thiophene rings is 1. The zero-order chi connectivity index (χ0) is 46.6. The van der Waals surface area contributed by atoms with Crippen LogP contribution in [0.4, 0.5) is 0 Å². The van der Waals surface area contributed by atoms with Crippen LogP contribution in [0.2, 0.25) is 0 Å². The zero-order valence-corrected chi connectivity index (χ0v) is 39.0. The van der Waals surface area contributed by atoms with Crippen molar-refractivity contribution < 1.29 is 0 Å². The third kappa shape index (κ3) is 6.28. The molecule has 0 aliphatic heterocycles. The van der Waals surface area contributed by atoms with Crippen LogP contribution >= 0.6 is 11.3 Å². The molecule has 0 N–H and O–H groups in total. The van der Waals surface area contributed by atoms with E-state index in [-0.39, 0.29) is 0 Å². The summed E-state index contributed by atoms with van der Waals surface area (Å²) in [7, 11) is 0. The van der Waals surface area contributed by atoms with E-state index < -0.39 is 0 Å². The summed E-state index contributed by atoms with van der Waals surface area (Å²) in [5, 5.41) is 12.1. The second kappa shape index (κ2) is 15.7. The second-order valence-electron chi connectivity index (χ2n) is 18.4. The van der Waals surface area contributed by atoms with Crippen LogP contribution in [0.25, 0.3) is 142 Å². The predicted molar refractivity (Wildman–Crippen MR) is 298 cm³/mol. The smallest absolute Gasteiger partial charge is 0.164 e. The molecule has 15 rings (SSSR count). The van der Waals surface area contributed by atoms with Crippen molar-refractivity contribution in [3.63, 3.8) is 0 Å². The minimum atomic E-state index is 0.609. The average Bonchev–Trinajstić information content (AvgIpc) is 4.08. The molecule has 0 unspecified atom stereocenters. The van der Waals surface area contributed by atoms with Crippen molar-refractivity contribution in [2.45, 2.75) is 0 Å². The van der Waals surface area contributed by atoms with Crippen LogP contribution in [0.1, 0.15) is 0 Å². The number of nitrogens with zero attached hydrogens (tertiary/aromatic N) is 5. The van der Waals surface area contributed by atoms with Crippen LogP contribution in [0.3, 0.4) is 0 Å². The standard InChI is InChI=1S/C65H39N5S/c1-3-16-40(17-4-1)63-66-64(45-30-33-58-53(36-45)48-24-11-13-27-56(48)69(58)46-22-5-2-6-23-46)68-65(67-63)51-32-31-47(70-57-28-14-12-25-49(57)54-34-41-18-7-9-20-43(41)37-59(54)70)39-52(51)50-26-15-29-60-62(50)55-35-42-19-8-10-21-44(42)38-61(55)71-60/h1-39H. The van der Waals surface area contributed by atoms with E-state index in [2.05, 4.69) is 228 Å². The largest absolute Gasteiger partial charge is 0.309 e. The van der Waals surface area contributed by atoms with E-state index in [1.807, 2.05) is 29.5 Å². The Labute approximate surface area is 411 Å². The highest BCUT2D eigenvalue weighted by Crippen LogP contribution is 2.46. The monoisotopic (exact) mass is 921 g/mol. The maximum Gasteiger partial charge on any atom is 0.164 e. The predicted octanol–water partition coefficient (Wildman–Crippen LogP) is 17.4. The lowest BCUT2D eigenvalue weighted by molar-refractivity contribution is 1.07. The molecule has 0 aliphatic carbocycles. The molecule has 0 radical (unpaired) electrons. The van der Waals surface area contributed by atoms with E-state index >= 15 is 0 Å². The molecule has 15 aromatic rings. The Morgan fingerprint density at radius 1 is 0.282 bits per heavy atom. The first-order valence-corrected chi connectivity index (χ1v) is 24.8. The second-order valence-corrected chi connectivity index (χ2v) is 19.5. The first-order chi connectivity index (χ1) is 35.2. The van der Waals surface area contributed by atoms with Crippen LogP contribution in [0.5, 0.6) is 0 Å². The van der Waals surface area contributed by atoms with Gasteiger partial charge in [0.1, 0.15) is 0 Å². The Hall–Kier alpha value is -9.23. The van der Waals surface area contributed by atoms with E-state index in [1.165, 1.54) is 57.9 Å². The highest BCUT2D eigenvalue weighted by atomic mass is 32.1. The molecule has 0 bridgehead atoms. The number of fused-ring (bicyclic) bond motifs is 11. The van der Waals surface area contributed by atoms with Crippen molar-refractivity contribution in [1.82, 2.24) is 24.1 Å². The molecule has 0 aliphatic rings. The maximum atomic E-state index is 5.50. The van der Waals surface area contributed by atoms with E-state index in [0.29, 0.717) is 17.5 Å². The number of para-hydroxylation sites is 3. The number of hydrogen-bond donors (Lipinski definition) is 0. The Morgan fingerprint density at radius 3 is 1.58 bits per heavy atom. The van der Waals surface area contributed by atoms with E-state index in [0.717, 1.165) is 66.6 Å². The van der Waals surface area contributed by atoms with E-state index in [9.17, 15) is 0 Å².